The first-order valence-electron chi connectivity index (χ1n) is 14.2. The Bertz CT molecular complexity index is 1310. The number of nitrogens with two attached hydrogens (primary N) is 1. The van der Waals surface area contributed by atoms with E-state index < -0.39 is 0 Å². The minimum absolute atomic E-state index is 0.0775. The molecule has 4 atom stereocenters. The van der Waals surface area contributed by atoms with Gasteiger partial charge in [0.25, 0.3) is 5.91 Å². The second kappa shape index (κ2) is 12.1. The molecular weight excluding hydrogens is 508 g/mol. The van der Waals surface area contributed by atoms with E-state index in [1.807, 2.05) is 42.5 Å². The molecule has 3 aromatic carbocycles. The summed E-state index contributed by atoms with van der Waals surface area (Å²) in [6, 6.07) is 21.9. The molecule has 2 amide bonds. The Morgan fingerprint density at radius 1 is 1.15 bits per heavy atom. The van der Waals surface area contributed by atoms with Crippen LogP contribution in [0.2, 0.25) is 5.02 Å². The maximum atomic E-state index is 13.7. The molecule has 0 aromatic heterocycles. The van der Waals surface area contributed by atoms with Crippen LogP contribution in [0.4, 0.5) is 0 Å². The van der Waals surface area contributed by atoms with E-state index in [4.69, 9.17) is 17.3 Å². The number of fused-ring (bicyclic) bond motifs is 1. The number of hydrogen-bond acceptors (Lipinski definition) is 4. The third-order valence-corrected chi connectivity index (χ3v) is 8.96. The van der Waals surface area contributed by atoms with Crippen LogP contribution in [0.25, 0.3) is 10.8 Å². The summed E-state index contributed by atoms with van der Waals surface area (Å²) in [5.41, 5.74) is 7.77. The summed E-state index contributed by atoms with van der Waals surface area (Å²) in [7, 11) is 0. The number of halogens is 1. The number of benzene rings is 3. The maximum Gasteiger partial charge on any atom is 0.251 e. The van der Waals surface area contributed by atoms with Crippen molar-refractivity contribution in [1.82, 2.24) is 15.5 Å². The monoisotopic (exact) mass is 546 g/mol. The Kier molecular flexibility index (Phi) is 8.55. The molecule has 1 spiro atoms. The lowest BCUT2D eigenvalue weighted by Gasteiger charge is -2.38. The van der Waals surface area contributed by atoms with Crippen molar-refractivity contribution in [1.29, 1.82) is 0 Å². The Morgan fingerprint density at radius 2 is 1.90 bits per heavy atom. The maximum absolute atomic E-state index is 13.7. The minimum atomic E-state index is -0.113. The van der Waals surface area contributed by atoms with Gasteiger partial charge in [0, 0.05) is 54.1 Å². The van der Waals surface area contributed by atoms with Crippen molar-refractivity contribution in [3.63, 3.8) is 0 Å². The van der Waals surface area contributed by atoms with Crippen LogP contribution in [-0.2, 0) is 4.79 Å². The van der Waals surface area contributed by atoms with Crippen molar-refractivity contribution in [3.8, 4) is 0 Å². The molecule has 2 aliphatic rings. The summed E-state index contributed by atoms with van der Waals surface area (Å²) in [6.07, 6.45) is 3.26. The SMILES string of the molecule is CC[C@H](CN1CCC(CNC(=O)c2ccc3cc(Cl)ccc3c2)C2(CN2)C[C@@H](CCN)C1=O)c1ccccc1. The molecule has 2 aliphatic heterocycles. The summed E-state index contributed by atoms with van der Waals surface area (Å²) >= 11 is 6.11. The van der Waals surface area contributed by atoms with E-state index in [9.17, 15) is 9.59 Å². The third-order valence-electron chi connectivity index (χ3n) is 8.72. The van der Waals surface area contributed by atoms with Crippen LogP contribution in [0.5, 0.6) is 0 Å². The lowest BCUT2D eigenvalue weighted by molar-refractivity contribution is -0.137. The summed E-state index contributed by atoms with van der Waals surface area (Å²) in [4.78, 5) is 29.0. The van der Waals surface area contributed by atoms with Crippen molar-refractivity contribution >= 4 is 34.2 Å². The Hall–Kier alpha value is -2.93. The zero-order valence-corrected chi connectivity index (χ0v) is 23.4. The number of hydrogen-bond donors (Lipinski definition) is 3. The van der Waals surface area contributed by atoms with Crippen LogP contribution in [0.1, 0.15) is 54.4 Å². The minimum Gasteiger partial charge on any atom is -0.352 e. The van der Waals surface area contributed by atoms with Crippen LogP contribution < -0.4 is 16.4 Å². The molecular formula is C32H39ClN4O2. The zero-order valence-electron chi connectivity index (χ0n) is 22.7. The van der Waals surface area contributed by atoms with Crippen LogP contribution in [0.15, 0.2) is 66.7 Å². The summed E-state index contributed by atoms with van der Waals surface area (Å²) < 4.78 is 0. The fraction of sp³-hybridized carbons (Fsp3) is 0.438. The van der Waals surface area contributed by atoms with Gasteiger partial charge < -0.3 is 21.3 Å². The Balaban J connectivity index is 1.30. The highest BCUT2D eigenvalue weighted by atomic mass is 35.5. The molecule has 0 radical (unpaired) electrons. The highest BCUT2D eigenvalue weighted by Gasteiger charge is 2.52. The van der Waals surface area contributed by atoms with E-state index in [1.165, 1.54) is 5.56 Å². The van der Waals surface area contributed by atoms with Crippen molar-refractivity contribution in [3.05, 3.63) is 82.9 Å². The van der Waals surface area contributed by atoms with Gasteiger partial charge in [0.2, 0.25) is 5.91 Å². The van der Waals surface area contributed by atoms with E-state index in [-0.39, 0.29) is 29.2 Å². The summed E-state index contributed by atoms with van der Waals surface area (Å²) in [6.45, 7) is 5.51. The second-order valence-corrected chi connectivity index (χ2v) is 11.6. The van der Waals surface area contributed by atoms with E-state index in [1.54, 1.807) is 0 Å². The molecule has 0 bridgehead atoms. The number of nitrogens with zero attached hydrogens (tertiary/aromatic N) is 1. The van der Waals surface area contributed by atoms with Crippen LogP contribution in [0, 0.1) is 11.8 Å². The first-order chi connectivity index (χ1) is 18.9. The van der Waals surface area contributed by atoms with Crippen LogP contribution >= 0.6 is 11.6 Å². The summed E-state index contributed by atoms with van der Waals surface area (Å²) in [5, 5.41) is 9.47. The lowest BCUT2D eigenvalue weighted by atomic mass is 9.78. The largest absolute Gasteiger partial charge is 0.352 e. The highest BCUT2D eigenvalue weighted by Crippen LogP contribution is 2.40. The molecule has 0 saturated carbocycles. The number of amides is 2. The Labute approximate surface area is 236 Å². The van der Waals surface area contributed by atoms with Gasteiger partial charge in [-0.1, -0.05) is 61.0 Å². The van der Waals surface area contributed by atoms with Crippen molar-refractivity contribution in [2.45, 2.75) is 44.1 Å². The van der Waals surface area contributed by atoms with Gasteiger partial charge >= 0.3 is 0 Å². The van der Waals surface area contributed by atoms with Gasteiger partial charge in [-0.25, -0.2) is 0 Å². The number of rotatable bonds is 9. The van der Waals surface area contributed by atoms with Gasteiger partial charge in [-0.15, -0.1) is 0 Å². The van der Waals surface area contributed by atoms with E-state index in [0.717, 1.165) is 36.6 Å². The number of carbonyl (C=O) groups excluding carboxylic acids is 2. The van der Waals surface area contributed by atoms with Crippen LogP contribution in [-0.4, -0.2) is 55.0 Å². The smallest absolute Gasteiger partial charge is 0.251 e. The molecule has 7 heteroatoms. The zero-order chi connectivity index (χ0) is 27.4. The normalized spacial score (nSPS) is 23.9. The number of nitrogens with one attached hydrogen (secondary N) is 2. The van der Waals surface area contributed by atoms with Crippen LogP contribution in [0.3, 0.4) is 0 Å². The highest BCUT2D eigenvalue weighted by molar-refractivity contribution is 6.31. The first-order valence-corrected chi connectivity index (χ1v) is 14.6. The quantitative estimate of drug-likeness (QED) is 0.330. The molecule has 39 heavy (non-hydrogen) atoms. The number of carbonyl (C=O) groups is 2. The van der Waals surface area contributed by atoms with E-state index >= 15 is 0 Å². The first kappa shape index (κ1) is 27.6. The van der Waals surface area contributed by atoms with Gasteiger partial charge in [-0.3, -0.25) is 9.59 Å². The molecule has 2 heterocycles. The topological polar surface area (TPSA) is 97.4 Å². The Morgan fingerprint density at radius 3 is 2.62 bits per heavy atom. The summed E-state index contributed by atoms with van der Waals surface area (Å²) in [5.74, 6) is 0.562. The molecule has 0 aliphatic carbocycles. The molecule has 206 valence electrons. The predicted octanol–water partition coefficient (Wildman–Crippen LogP) is 4.96. The van der Waals surface area contributed by atoms with Crippen molar-refractivity contribution in [2.75, 3.05) is 32.7 Å². The standard InChI is InChI=1S/C32H39ClN4O2/c1-2-22(23-6-4-3-5-7-23)20-37-15-13-28(32(21-36-32)18-27(12-14-34)31(37)39)19-35-30(38)26-9-8-25-17-29(33)11-10-24(25)16-26/h3-11,16-17,22,27-28,36H,2,12-15,18-21,34H2,1H3,(H,35,38)/t22-,27-,28?,32?/m1/s1. The van der Waals surface area contributed by atoms with Gasteiger partial charge in [0.1, 0.15) is 0 Å². The molecule has 2 fully saturated rings. The van der Waals surface area contributed by atoms with Crippen molar-refractivity contribution < 1.29 is 9.59 Å². The molecule has 4 N–H and O–H groups in total. The third kappa shape index (κ3) is 6.29. The fourth-order valence-corrected chi connectivity index (χ4v) is 6.42. The predicted molar refractivity (Wildman–Crippen MR) is 158 cm³/mol. The van der Waals surface area contributed by atoms with Gasteiger partial charge in [0.15, 0.2) is 0 Å². The number of likely N-dealkylation sites (tertiary alicyclic amines) is 1. The van der Waals surface area contributed by atoms with Gasteiger partial charge in [-0.05, 0) is 78.7 Å². The molecule has 2 saturated heterocycles. The van der Waals surface area contributed by atoms with E-state index in [0.29, 0.717) is 49.1 Å². The molecule has 6 nitrogen and oxygen atoms in total. The second-order valence-electron chi connectivity index (χ2n) is 11.2. The average Bonchev–Trinajstić information content (AvgIpc) is 3.74. The average molecular weight is 547 g/mol. The van der Waals surface area contributed by atoms with Gasteiger partial charge in [-0.2, -0.15) is 0 Å². The fourth-order valence-electron chi connectivity index (χ4n) is 6.24. The lowest BCUT2D eigenvalue weighted by Crippen LogP contribution is -2.49. The molecule has 5 rings (SSSR count). The molecule has 2 unspecified atom stereocenters. The van der Waals surface area contributed by atoms with E-state index in [2.05, 4.69) is 46.7 Å². The van der Waals surface area contributed by atoms with Gasteiger partial charge in [0.05, 0.1) is 0 Å². The van der Waals surface area contributed by atoms with Crippen molar-refractivity contribution in [2.24, 2.45) is 17.6 Å². The molecule has 3 aromatic rings.